The lowest BCUT2D eigenvalue weighted by atomic mass is 10.0. The first-order valence-electron chi connectivity index (χ1n) is 10.5. The quantitative estimate of drug-likeness (QED) is 0.286. The van der Waals surface area contributed by atoms with Crippen molar-refractivity contribution in [2.45, 2.75) is 117 Å². The second kappa shape index (κ2) is 17.3. The average Bonchev–Trinajstić information content (AvgIpc) is 2.56. The van der Waals surface area contributed by atoms with Crippen LogP contribution in [0.3, 0.4) is 0 Å². The molecule has 0 fully saturated rings. The van der Waals surface area contributed by atoms with Crippen LogP contribution in [-0.2, 0) is 9.53 Å². The Kier molecular flexibility index (Phi) is 16.8. The van der Waals surface area contributed by atoms with Gasteiger partial charge in [-0.2, -0.15) is 0 Å². The van der Waals surface area contributed by atoms with Crippen LogP contribution in [0.15, 0.2) is 0 Å². The molecule has 0 spiro atoms. The topological polar surface area (TPSA) is 46.5 Å². The molecule has 0 radical (unpaired) electrons. The maximum atomic E-state index is 10.9. The molecule has 0 saturated carbocycles. The predicted octanol–water partition coefficient (Wildman–Crippen LogP) is 6.59. The summed E-state index contributed by atoms with van der Waals surface area (Å²) in [5.41, 5.74) is 0. The van der Waals surface area contributed by atoms with Crippen LogP contribution in [0, 0.1) is 5.92 Å². The lowest BCUT2D eigenvalue weighted by molar-refractivity contribution is -0.142. The first-order valence-corrected chi connectivity index (χ1v) is 10.5. The number of unbranched alkanes of at least 4 members (excludes halogenated alkanes) is 9. The highest BCUT2D eigenvalue weighted by Gasteiger charge is 2.13. The summed E-state index contributed by atoms with van der Waals surface area (Å²) < 4.78 is 6.03. The average molecular weight is 343 g/mol. The van der Waals surface area contributed by atoms with Gasteiger partial charge in [0.05, 0.1) is 12.0 Å². The van der Waals surface area contributed by atoms with Crippen molar-refractivity contribution in [3.05, 3.63) is 0 Å². The Morgan fingerprint density at radius 1 is 0.792 bits per heavy atom. The van der Waals surface area contributed by atoms with E-state index in [4.69, 9.17) is 9.84 Å². The number of rotatable bonds is 18. The van der Waals surface area contributed by atoms with Crippen molar-refractivity contribution in [1.82, 2.24) is 0 Å². The summed E-state index contributed by atoms with van der Waals surface area (Å²) in [6.07, 6.45) is 17.6. The maximum Gasteiger partial charge on any atom is 0.306 e. The van der Waals surface area contributed by atoms with Crippen molar-refractivity contribution in [2.75, 3.05) is 6.61 Å². The van der Waals surface area contributed by atoms with E-state index in [9.17, 15) is 4.79 Å². The smallest absolute Gasteiger partial charge is 0.306 e. The van der Waals surface area contributed by atoms with Gasteiger partial charge in [0.15, 0.2) is 0 Å². The van der Waals surface area contributed by atoms with E-state index >= 15 is 0 Å². The van der Waals surface area contributed by atoms with Crippen molar-refractivity contribution in [3.8, 4) is 0 Å². The number of carboxylic acid groups (broad SMARTS) is 1. The van der Waals surface area contributed by atoms with Crippen LogP contribution >= 0.6 is 0 Å². The van der Waals surface area contributed by atoms with E-state index in [1.807, 2.05) is 0 Å². The molecule has 0 bridgehead atoms. The van der Waals surface area contributed by atoms with Gasteiger partial charge in [0.1, 0.15) is 0 Å². The normalized spacial score (nSPS) is 13.8. The molecule has 0 aliphatic rings. The summed E-state index contributed by atoms with van der Waals surface area (Å²) in [6, 6.07) is 0. The molecule has 0 aromatic carbocycles. The third-order valence-electron chi connectivity index (χ3n) is 4.84. The lowest BCUT2D eigenvalue weighted by Crippen LogP contribution is -2.18. The van der Waals surface area contributed by atoms with E-state index in [0.717, 1.165) is 12.8 Å². The van der Waals surface area contributed by atoms with Crippen LogP contribution in [-0.4, -0.2) is 23.8 Å². The van der Waals surface area contributed by atoms with E-state index < -0.39 is 5.97 Å². The van der Waals surface area contributed by atoms with Gasteiger partial charge in [-0.05, 0) is 19.3 Å². The van der Waals surface area contributed by atoms with E-state index in [2.05, 4.69) is 13.8 Å². The number of hydrogen-bond donors (Lipinski definition) is 1. The molecule has 0 aliphatic carbocycles. The van der Waals surface area contributed by atoms with Crippen LogP contribution in [0.1, 0.15) is 111 Å². The molecular formula is C21H42O3. The minimum atomic E-state index is -0.717. The van der Waals surface area contributed by atoms with E-state index in [1.54, 1.807) is 6.92 Å². The van der Waals surface area contributed by atoms with Gasteiger partial charge in [-0.15, -0.1) is 0 Å². The van der Waals surface area contributed by atoms with Gasteiger partial charge in [0.2, 0.25) is 0 Å². The standard InChI is InChI=1S/C21H42O3/c1-4-6-8-10-12-14-16-20(15-13-11-9-7-5-2)24-18-17-19(3)21(22)23/h19-20H,4-18H2,1-3H3,(H,22,23)/t19-,20?/m1/s1. The number of ether oxygens (including phenoxy) is 1. The molecule has 1 unspecified atom stereocenters. The van der Waals surface area contributed by atoms with Crippen LogP contribution in [0.5, 0.6) is 0 Å². The first-order chi connectivity index (χ1) is 11.6. The molecule has 0 aromatic rings. The Morgan fingerprint density at radius 3 is 1.71 bits per heavy atom. The first kappa shape index (κ1) is 23.4. The Morgan fingerprint density at radius 2 is 1.25 bits per heavy atom. The van der Waals surface area contributed by atoms with Crippen LogP contribution < -0.4 is 0 Å². The molecule has 144 valence electrons. The highest BCUT2D eigenvalue weighted by atomic mass is 16.5. The fourth-order valence-corrected chi connectivity index (χ4v) is 2.97. The number of aliphatic carboxylic acids is 1. The number of carbonyl (C=O) groups is 1. The predicted molar refractivity (Wildman–Crippen MR) is 103 cm³/mol. The molecule has 0 rings (SSSR count). The fourth-order valence-electron chi connectivity index (χ4n) is 2.97. The molecule has 2 atom stereocenters. The summed E-state index contributed by atoms with van der Waals surface area (Å²) in [4.78, 5) is 10.9. The largest absolute Gasteiger partial charge is 0.481 e. The van der Waals surface area contributed by atoms with E-state index in [1.165, 1.54) is 70.6 Å². The highest BCUT2D eigenvalue weighted by Crippen LogP contribution is 2.17. The van der Waals surface area contributed by atoms with Gasteiger partial charge in [-0.3, -0.25) is 4.79 Å². The van der Waals surface area contributed by atoms with Crippen molar-refractivity contribution in [2.24, 2.45) is 5.92 Å². The minimum absolute atomic E-state index is 0.302. The molecule has 24 heavy (non-hydrogen) atoms. The third-order valence-corrected chi connectivity index (χ3v) is 4.84. The zero-order valence-corrected chi connectivity index (χ0v) is 16.5. The van der Waals surface area contributed by atoms with Gasteiger partial charge in [-0.1, -0.05) is 91.4 Å². The van der Waals surface area contributed by atoms with Crippen molar-refractivity contribution < 1.29 is 14.6 Å². The Labute approximate surface area is 150 Å². The molecule has 0 heterocycles. The fraction of sp³-hybridized carbons (Fsp3) is 0.952. The molecule has 3 heteroatoms. The van der Waals surface area contributed by atoms with Gasteiger partial charge >= 0.3 is 5.97 Å². The third kappa shape index (κ3) is 15.0. The Balaban J connectivity index is 3.92. The van der Waals surface area contributed by atoms with Crippen molar-refractivity contribution in [3.63, 3.8) is 0 Å². The summed E-state index contributed by atoms with van der Waals surface area (Å²) in [7, 11) is 0. The van der Waals surface area contributed by atoms with Gasteiger partial charge < -0.3 is 9.84 Å². The number of carboxylic acids is 1. The zero-order valence-electron chi connectivity index (χ0n) is 16.5. The second-order valence-corrected chi connectivity index (χ2v) is 7.28. The molecule has 1 N–H and O–H groups in total. The molecule has 0 aliphatic heterocycles. The molecule has 0 saturated heterocycles. The van der Waals surface area contributed by atoms with Gasteiger partial charge in [-0.25, -0.2) is 0 Å². The molecule has 3 nitrogen and oxygen atoms in total. The second-order valence-electron chi connectivity index (χ2n) is 7.28. The van der Waals surface area contributed by atoms with Gasteiger partial charge in [0.25, 0.3) is 0 Å². The highest BCUT2D eigenvalue weighted by molar-refractivity contribution is 5.69. The minimum Gasteiger partial charge on any atom is -0.481 e. The molecular weight excluding hydrogens is 300 g/mol. The van der Waals surface area contributed by atoms with Crippen LogP contribution in [0.4, 0.5) is 0 Å². The monoisotopic (exact) mass is 342 g/mol. The van der Waals surface area contributed by atoms with Crippen molar-refractivity contribution in [1.29, 1.82) is 0 Å². The molecule has 0 aromatic heterocycles. The van der Waals surface area contributed by atoms with Crippen molar-refractivity contribution >= 4 is 5.97 Å². The maximum absolute atomic E-state index is 10.9. The van der Waals surface area contributed by atoms with Gasteiger partial charge in [0, 0.05) is 6.61 Å². The Hall–Kier alpha value is -0.570. The summed E-state index contributed by atoms with van der Waals surface area (Å²) in [5, 5.41) is 8.96. The molecule has 0 amide bonds. The summed E-state index contributed by atoms with van der Waals surface area (Å²) >= 11 is 0. The van der Waals surface area contributed by atoms with Crippen LogP contribution in [0.2, 0.25) is 0 Å². The van der Waals surface area contributed by atoms with E-state index in [-0.39, 0.29) is 5.92 Å². The summed E-state index contributed by atoms with van der Waals surface area (Å²) in [6.45, 7) is 6.84. The van der Waals surface area contributed by atoms with E-state index in [0.29, 0.717) is 19.1 Å². The summed E-state index contributed by atoms with van der Waals surface area (Å²) in [5.74, 6) is -1.02. The zero-order chi connectivity index (χ0) is 18.0. The Bertz CT molecular complexity index is 278. The SMILES string of the molecule is CCCCCCCCC(CCCCCCC)OCC[C@@H](C)C(=O)O. The van der Waals surface area contributed by atoms with Crippen LogP contribution in [0.25, 0.3) is 0 Å². The lowest BCUT2D eigenvalue weighted by Gasteiger charge is -2.19. The number of hydrogen-bond acceptors (Lipinski definition) is 2.